The number of benzene rings is 3. The van der Waals surface area contributed by atoms with Gasteiger partial charge in [0.05, 0.1) is 16.9 Å². The van der Waals surface area contributed by atoms with E-state index in [1.807, 2.05) is 50.2 Å². The van der Waals surface area contributed by atoms with Gasteiger partial charge in [0.25, 0.3) is 5.56 Å². The van der Waals surface area contributed by atoms with Crippen LogP contribution in [0.25, 0.3) is 26.9 Å². The molecule has 3 N–H and O–H groups in total. The van der Waals surface area contributed by atoms with Crippen molar-refractivity contribution >= 4 is 38.1 Å². The van der Waals surface area contributed by atoms with Crippen LogP contribution in [-0.4, -0.2) is 26.0 Å². The number of aryl methyl sites for hydroxylation is 3. The molecule has 9 heteroatoms. The highest BCUT2D eigenvalue weighted by Crippen LogP contribution is 2.45. The summed E-state index contributed by atoms with van der Waals surface area (Å²) in [6.07, 6.45) is 0. The Bertz CT molecular complexity index is 1740. The SMILES string of the molecule is Cc1ccc(-n2[nH]c(C)c(N=Nc3sc4ccc(-c5cccc(C(=O)O)c5)cc4c3O)c2=O)cc1C. The Labute approximate surface area is 209 Å². The number of nitrogens with zero attached hydrogens (tertiary/aromatic N) is 3. The van der Waals surface area contributed by atoms with Crippen LogP contribution in [0.2, 0.25) is 0 Å². The molecule has 0 aliphatic carbocycles. The summed E-state index contributed by atoms with van der Waals surface area (Å²) in [5.41, 5.74) is 4.97. The number of fused-ring (bicyclic) bond motifs is 1. The van der Waals surface area contributed by atoms with Gasteiger partial charge in [0.15, 0.2) is 16.4 Å². The Morgan fingerprint density at radius 2 is 1.72 bits per heavy atom. The summed E-state index contributed by atoms with van der Waals surface area (Å²) in [6, 6.07) is 17.8. The maximum absolute atomic E-state index is 13.0. The minimum absolute atomic E-state index is 0.0438. The summed E-state index contributed by atoms with van der Waals surface area (Å²) in [4.78, 5) is 24.3. The number of azo groups is 1. The van der Waals surface area contributed by atoms with E-state index in [0.29, 0.717) is 16.8 Å². The monoisotopic (exact) mass is 498 g/mol. The summed E-state index contributed by atoms with van der Waals surface area (Å²) in [7, 11) is 0. The maximum atomic E-state index is 13.0. The lowest BCUT2D eigenvalue weighted by Crippen LogP contribution is -2.14. The Morgan fingerprint density at radius 3 is 2.47 bits per heavy atom. The van der Waals surface area contributed by atoms with Gasteiger partial charge in [-0.25, -0.2) is 9.48 Å². The lowest BCUT2D eigenvalue weighted by Gasteiger charge is -2.05. The molecule has 5 aromatic rings. The number of aromatic nitrogens is 2. The average Bonchev–Trinajstić information content (AvgIpc) is 3.34. The lowest BCUT2D eigenvalue weighted by molar-refractivity contribution is 0.0697. The van der Waals surface area contributed by atoms with Gasteiger partial charge in [-0.1, -0.05) is 24.3 Å². The van der Waals surface area contributed by atoms with Crippen LogP contribution in [0.15, 0.2) is 75.7 Å². The quantitative estimate of drug-likeness (QED) is 0.231. The summed E-state index contributed by atoms with van der Waals surface area (Å²) in [6.45, 7) is 5.74. The number of hydrogen-bond acceptors (Lipinski definition) is 6. The maximum Gasteiger partial charge on any atom is 0.335 e. The average molecular weight is 499 g/mol. The van der Waals surface area contributed by atoms with Gasteiger partial charge in [-0.3, -0.25) is 9.89 Å². The molecule has 0 spiro atoms. The van der Waals surface area contributed by atoms with Crippen molar-refractivity contribution in [2.24, 2.45) is 10.2 Å². The zero-order chi connectivity index (χ0) is 25.6. The molecule has 0 saturated heterocycles. The van der Waals surface area contributed by atoms with Crippen molar-refractivity contribution in [2.75, 3.05) is 0 Å². The molecule has 0 amide bonds. The molecule has 0 fully saturated rings. The highest BCUT2D eigenvalue weighted by Gasteiger charge is 2.16. The van der Waals surface area contributed by atoms with Gasteiger partial charge < -0.3 is 10.2 Å². The molecule has 0 aliphatic rings. The van der Waals surface area contributed by atoms with Gasteiger partial charge in [0.1, 0.15) is 0 Å². The minimum Gasteiger partial charge on any atom is -0.504 e. The van der Waals surface area contributed by atoms with Gasteiger partial charge in [-0.05, 0) is 79.4 Å². The molecule has 0 saturated carbocycles. The molecule has 36 heavy (non-hydrogen) atoms. The molecule has 3 aromatic carbocycles. The third kappa shape index (κ3) is 4.09. The topological polar surface area (TPSA) is 120 Å². The van der Waals surface area contributed by atoms with Crippen molar-refractivity contribution in [3.63, 3.8) is 0 Å². The van der Waals surface area contributed by atoms with Crippen LogP contribution in [0.3, 0.4) is 0 Å². The number of carbonyl (C=O) groups is 1. The zero-order valence-electron chi connectivity index (χ0n) is 19.7. The molecule has 8 nitrogen and oxygen atoms in total. The van der Waals surface area contributed by atoms with Crippen LogP contribution < -0.4 is 5.56 Å². The first-order valence-corrected chi connectivity index (χ1v) is 11.9. The predicted molar refractivity (Wildman–Crippen MR) is 141 cm³/mol. The largest absolute Gasteiger partial charge is 0.504 e. The van der Waals surface area contributed by atoms with E-state index in [0.717, 1.165) is 27.0 Å². The fraction of sp³-hybridized carbons (Fsp3) is 0.111. The van der Waals surface area contributed by atoms with Crippen molar-refractivity contribution in [2.45, 2.75) is 20.8 Å². The van der Waals surface area contributed by atoms with Crippen molar-refractivity contribution < 1.29 is 15.0 Å². The smallest absolute Gasteiger partial charge is 0.335 e. The third-order valence-electron chi connectivity index (χ3n) is 6.12. The molecular weight excluding hydrogens is 476 g/mol. The number of aromatic amines is 1. The Hall–Kier alpha value is -4.50. The first-order valence-electron chi connectivity index (χ1n) is 11.1. The van der Waals surface area contributed by atoms with Crippen LogP contribution in [0, 0.1) is 20.8 Å². The second-order valence-corrected chi connectivity index (χ2v) is 9.58. The zero-order valence-corrected chi connectivity index (χ0v) is 20.6. The molecule has 180 valence electrons. The Kier molecular flexibility index (Phi) is 5.77. The van der Waals surface area contributed by atoms with E-state index in [1.54, 1.807) is 25.1 Å². The summed E-state index contributed by atoms with van der Waals surface area (Å²) >= 11 is 1.25. The number of H-pyrrole nitrogens is 1. The van der Waals surface area contributed by atoms with Gasteiger partial charge in [0, 0.05) is 10.1 Å². The van der Waals surface area contributed by atoms with Crippen LogP contribution in [0.5, 0.6) is 5.75 Å². The number of nitrogens with one attached hydrogen (secondary N) is 1. The summed E-state index contributed by atoms with van der Waals surface area (Å²) in [5, 5.41) is 32.4. The second-order valence-electron chi connectivity index (χ2n) is 8.55. The van der Waals surface area contributed by atoms with Crippen LogP contribution in [-0.2, 0) is 0 Å². The Balaban J connectivity index is 1.50. The highest BCUT2D eigenvalue weighted by molar-refractivity contribution is 7.23. The van der Waals surface area contributed by atoms with E-state index in [2.05, 4.69) is 15.3 Å². The molecule has 0 unspecified atom stereocenters. The number of hydrogen-bond donors (Lipinski definition) is 3. The number of aromatic carboxylic acids is 1. The summed E-state index contributed by atoms with van der Waals surface area (Å²) < 4.78 is 2.22. The molecular formula is C27H22N4O4S. The molecule has 5 rings (SSSR count). The first-order chi connectivity index (χ1) is 17.2. The van der Waals surface area contributed by atoms with E-state index in [4.69, 9.17) is 0 Å². The molecule has 0 aliphatic heterocycles. The number of carboxylic acids is 1. The van der Waals surface area contributed by atoms with E-state index in [-0.39, 0.29) is 27.6 Å². The Morgan fingerprint density at radius 1 is 0.944 bits per heavy atom. The first kappa shape index (κ1) is 23.3. The van der Waals surface area contributed by atoms with E-state index in [9.17, 15) is 19.8 Å². The van der Waals surface area contributed by atoms with Crippen molar-refractivity contribution in [3.8, 4) is 22.6 Å². The van der Waals surface area contributed by atoms with Gasteiger partial charge >= 0.3 is 5.97 Å². The van der Waals surface area contributed by atoms with E-state index in [1.165, 1.54) is 22.1 Å². The number of carboxylic acid groups (broad SMARTS) is 1. The van der Waals surface area contributed by atoms with Crippen LogP contribution in [0.1, 0.15) is 27.2 Å². The standard InChI is InChI=1S/C27H22N4O4S/c1-14-7-9-20(11-15(14)2)31-26(33)23(16(3)30-31)28-29-25-24(32)21-13-18(8-10-22(21)36-25)17-5-4-6-19(12-17)27(34)35/h4-13,30,32H,1-3H3,(H,34,35). The second kappa shape index (κ2) is 8.94. The van der Waals surface area contributed by atoms with E-state index < -0.39 is 5.97 Å². The molecule has 0 atom stereocenters. The predicted octanol–water partition coefficient (Wildman–Crippen LogP) is 6.79. The minimum atomic E-state index is -1.00. The van der Waals surface area contributed by atoms with Gasteiger partial charge in [-0.15, -0.1) is 21.6 Å². The molecule has 2 aromatic heterocycles. The number of thiophene rings is 1. The fourth-order valence-corrected chi connectivity index (χ4v) is 4.85. The van der Waals surface area contributed by atoms with Crippen molar-refractivity contribution in [3.05, 3.63) is 93.4 Å². The normalized spacial score (nSPS) is 11.5. The van der Waals surface area contributed by atoms with Gasteiger partial charge in [-0.2, -0.15) is 0 Å². The molecule has 2 heterocycles. The number of rotatable bonds is 5. The fourth-order valence-electron chi connectivity index (χ4n) is 3.95. The van der Waals surface area contributed by atoms with Crippen LogP contribution in [0.4, 0.5) is 10.7 Å². The van der Waals surface area contributed by atoms with Crippen molar-refractivity contribution in [1.82, 2.24) is 9.78 Å². The molecule has 0 bridgehead atoms. The molecule has 0 radical (unpaired) electrons. The van der Waals surface area contributed by atoms with Gasteiger partial charge in [0.2, 0.25) is 0 Å². The highest BCUT2D eigenvalue weighted by atomic mass is 32.1. The third-order valence-corrected chi connectivity index (χ3v) is 7.16. The lowest BCUT2D eigenvalue weighted by atomic mass is 10.0. The summed E-state index contributed by atoms with van der Waals surface area (Å²) in [5.74, 6) is -1.05. The number of aromatic hydroxyl groups is 1. The van der Waals surface area contributed by atoms with Crippen LogP contribution >= 0.6 is 11.3 Å². The van der Waals surface area contributed by atoms with E-state index >= 15 is 0 Å². The van der Waals surface area contributed by atoms with Crippen molar-refractivity contribution in [1.29, 1.82) is 0 Å².